The molecule has 2 aliphatic rings. The third-order valence-corrected chi connectivity index (χ3v) is 13.1. The van der Waals surface area contributed by atoms with Crippen LogP contribution in [0.25, 0.3) is 0 Å². The summed E-state index contributed by atoms with van der Waals surface area (Å²) in [6.07, 6.45) is 28.7. The SMILES string of the molecule is CCCCC/C=C/C/C=C/CCCCCCCCCC(=O)O[C@@H](COC(=O)CCCCCCCCCCC/C=C/CCCCCC)CO[C@@H]1O[C@H](CO[C@@H]2O[C@H](CO)[C@H](O)C(O)C2O)[C@H](O)C(O)C1O. The Morgan fingerprint density at radius 2 is 0.857 bits per heavy atom. The van der Waals surface area contributed by atoms with E-state index >= 15 is 0 Å². The zero-order valence-electron chi connectivity index (χ0n) is 43.3. The third kappa shape index (κ3) is 29.4. The maximum Gasteiger partial charge on any atom is 0.306 e. The van der Waals surface area contributed by atoms with Crippen molar-refractivity contribution in [2.45, 2.75) is 274 Å². The van der Waals surface area contributed by atoms with E-state index in [2.05, 4.69) is 50.3 Å². The van der Waals surface area contributed by atoms with Gasteiger partial charge in [0.1, 0.15) is 55.4 Å². The van der Waals surface area contributed by atoms with Gasteiger partial charge in [-0.15, -0.1) is 0 Å². The number of esters is 2. The molecule has 2 heterocycles. The van der Waals surface area contributed by atoms with E-state index in [1.807, 2.05) is 0 Å². The van der Waals surface area contributed by atoms with Crippen LogP contribution in [0, 0.1) is 0 Å². The summed E-state index contributed by atoms with van der Waals surface area (Å²) in [4.78, 5) is 25.8. The molecular weight excluding hydrogens is 901 g/mol. The van der Waals surface area contributed by atoms with Gasteiger partial charge in [-0.25, -0.2) is 0 Å². The minimum Gasteiger partial charge on any atom is -0.462 e. The topological polar surface area (TPSA) is 231 Å². The Morgan fingerprint density at radius 3 is 1.37 bits per heavy atom. The van der Waals surface area contributed by atoms with E-state index in [0.717, 1.165) is 70.6 Å². The van der Waals surface area contributed by atoms with Crippen LogP contribution in [0.1, 0.15) is 206 Å². The number of aliphatic hydroxyl groups excluding tert-OH is 7. The molecule has 0 aliphatic carbocycles. The van der Waals surface area contributed by atoms with Crippen LogP contribution in [-0.2, 0) is 38.0 Å². The second-order valence-corrected chi connectivity index (χ2v) is 19.4. The molecule has 0 aromatic carbocycles. The molecule has 408 valence electrons. The second kappa shape index (κ2) is 42.1. The highest BCUT2D eigenvalue weighted by molar-refractivity contribution is 5.70. The summed E-state index contributed by atoms with van der Waals surface area (Å²) in [7, 11) is 0. The van der Waals surface area contributed by atoms with Crippen molar-refractivity contribution in [3.8, 4) is 0 Å². The number of hydrogen-bond donors (Lipinski definition) is 7. The fraction of sp³-hybridized carbons (Fsp3) is 0.855. The summed E-state index contributed by atoms with van der Waals surface area (Å²) >= 11 is 0. The summed E-state index contributed by atoms with van der Waals surface area (Å²) in [6.45, 7) is 2.56. The van der Waals surface area contributed by atoms with E-state index in [-0.39, 0.29) is 26.1 Å². The van der Waals surface area contributed by atoms with Crippen LogP contribution < -0.4 is 0 Å². The molecule has 2 fully saturated rings. The molecule has 2 aliphatic heterocycles. The van der Waals surface area contributed by atoms with Crippen molar-refractivity contribution in [3.63, 3.8) is 0 Å². The number of rotatable bonds is 43. The van der Waals surface area contributed by atoms with Crippen LogP contribution in [-0.4, -0.2) is 142 Å². The van der Waals surface area contributed by atoms with Gasteiger partial charge in [-0.2, -0.15) is 0 Å². The molecule has 0 bridgehead atoms. The molecule has 70 heavy (non-hydrogen) atoms. The van der Waals surface area contributed by atoms with Crippen LogP contribution >= 0.6 is 0 Å². The minimum absolute atomic E-state index is 0.156. The van der Waals surface area contributed by atoms with Gasteiger partial charge in [-0.1, -0.05) is 159 Å². The van der Waals surface area contributed by atoms with E-state index in [4.69, 9.17) is 28.4 Å². The van der Waals surface area contributed by atoms with E-state index in [1.54, 1.807) is 0 Å². The standard InChI is InChI=1S/C55H98O15/c1-3-5-7-9-11-13-15-17-19-21-23-25-27-29-31-33-35-37-46(57)65-40-43(68-47(58)38-36-34-32-30-28-26-24-22-20-18-16-14-12-10-8-6-4-2)41-66-54-53(64)51(62)49(60)45(70-54)42-67-55-52(63)50(61)48(59)44(39-56)69-55/h12-15,18,20,43-45,48-56,59-64H,3-11,16-17,19,21-42H2,1-2H3/b14-12+,15-13+,20-18+/t43-,44+,45+,48-,49-,50?,51?,52?,53?,54+,55+/m0/s1. The van der Waals surface area contributed by atoms with E-state index in [9.17, 15) is 45.3 Å². The molecule has 15 heteroatoms. The Bertz CT molecular complexity index is 1360. The maximum atomic E-state index is 13.0. The van der Waals surface area contributed by atoms with Gasteiger partial charge in [0.05, 0.1) is 19.8 Å². The zero-order chi connectivity index (χ0) is 51.0. The fourth-order valence-electron chi connectivity index (χ4n) is 8.54. The largest absolute Gasteiger partial charge is 0.462 e. The molecule has 7 N–H and O–H groups in total. The number of aliphatic hydroxyl groups is 7. The third-order valence-electron chi connectivity index (χ3n) is 13.1. The van der Waals surface area contributed by atoms with Crippen LogP contribution in [0.5, 0.6) is 0 Å². The van der Waals surface area contributed by atoms with Crippen molar-refractivity contribution in [2.75, 3.05) is 26.4 Å². The van der Waals surface area contributed by atoms with Crippen LogP contribution in [0.3, 0.4) is 0 Å². The molecular formula is C55H98O15. The first-order valence-electron chi connectivity index (χ1n) is 27.6. The van der Waals surface area contributed by atoms with Gasteiger partial charge in [0.25, 0.3) is 0 Å². The van der Waals surface area contributed by atoms with Gasteiger partial charge in [0, 0.05) is 12.8 Å². The van der Waals surface area contributed by atoms with E-state index in [1.165, 1.54) is 96.3 Å². The molecule has 0 aromatic rings. The quantitative estimate of drug-likeness (QED) is 0.0173. The number of carbonyl (C=O) groups is 2. The van der Waals surface area contributed by atoms with E-state index < -0.39 is 92.7 Å². The molecule has 2 rings (SSSR count). The number of unbranched alkanes of at least 4 members (excludes halogenated alkanes) is 23. The lowest BCUT2D eigenvalue weighted by Crippen LogP contribution is -2.61. The van der Waals surface area contributed by atoms with Gasteiger partial charge >= 0.3 is 11.9 Å². The highest BCUT2D eigenvalue weighted by Gasteiger charge is 2.47. The van der Waals surface area contributed by atoms with Crippen molar-refractivity contribution in [3.05, 3.63) is 36.5 Å². The average Bonchev–Trinajstić information content (AvgIpc) is 3.35. The molecule has 0 saturated carbocycles. The lowest BCUT2D eigenvalue weighted by Gasteiger charge is -2.42. The summed E-state index contributed by atoms with van der Waals surface area (Å²) in [5.74, 6) is -0.932. The molecule has 4 unspecified atom stereocenters. The van der Waals surface area contributed by atoms with Gasteiger partial charge in [-0.3, -0.25) is 9.59 Å². The molecule has 0 aromatic heterocycles. The van der Waals surface area contributed by atoms with Crippen molar-refractivity contribution < 1.29 is 73.8 Å². The Hall–Kier alpha value is -2.28. The van der Waals surface area contributed by atoms with Crippen LogP contribution in [0.2, 0.25) is 0 Å². The van der Waals surface area contributed by atoms with Gasteiger partial charge < -0.3 is 64.2 Å². The summed E-state index contributed by atoms with van der Waals surface area (Å²) in [6, 6.07) is 0. The summed E-state index contributed by atoms with van der Waals surface area (Å²) < 4.78 is 33.6. The minimum atomic E-state index is -1.77. The van der Waals surface area contributed by atoms with E-state index in [0.29, 0.717) is 12.8 Å². The lowest BCUT2D eigenvalue weighted by atomic mass is 9.98. The van der Waals surface area contributed by atoms with Crippen molar-refractivity contribution in [2.24, 2.45) is 0 Å². The van der Waals surface area contributed by atoms with Gasteiger partial charge in [0.15, 0.2) is 18.7 Å². The Morgan fingerprint density at radius 1 is 0.457 bits per heavy atom. The second-order valence-electron chi connectivity index (χ2n) is 19.4. The molecule has 0 spiro atoms. The Kier molecular flexibility index (Phi) is 38.4. The highest BCUT2D eigenvalue weighted by atomic mass is 16.7. The Labute approximate surface area is 421 Å². The predicted octanol–water partition coefficient (Wildman–Crippen LogP) is 8.49. The van der Waals surface area contributed by atoms with Crippen LogP contribution in [0.4, 0.5) is 0 Å². The molecule has 0 amide bonds. The van der Waals surface area contributed by atoms with Gasteiger partial charge in [0.2, 0.25) is 0 Å². The molecule has 2 saturated heterocycles. The number of ether oxygens (including phenoxy) is 6. The molecule has 15 nitrogen and oxygen atoms in total. The molecule has 0 radical (unpaired) electrons. The Balaban J connectivity index is 1.78. The predicted molar refractivity (Wildman–Crippen MR) is 270 cm³/mol. The first-order valence-corrected chi connectivity index (χ1v) is 27.6. The van der Waals surface area contributed by atoms with Crippen molar-refractivity contribution in [1.29, 1.82) is 0 Å². The fourth-order valence-corrected chi connectivity index (χ4v) is 8.54. The number of hydrogen-bond acceptors (Lipinski definition) is 15. The first kappa shape index (κ1) is 63.8. The summed E-state index contributed by atoms with van der Waals surface area (Å²) in [5, 5.41) is 72.2. The normalized spacial score (nSPS) is 25.6. The maximum absolute atomic E-state index is 13.0. The lowest BCUT2D eigenvalue weighted by molar-refractivity contribution is -0.332. The smallest absolute Gasteiger partial charge is 0.306 e. The van der Waals surface area contributed by atoms with Crippen LogP contribution in [0.15, 0.2) is 36.5 Å². The highest BCUT2D eigenvalue weighted by Crippen LogP contribution is 2.26. The first-order chi connectivity index (χ1) is 34.0. The molecule has 11 atom stereocenters. The van der Waals surface area contributed by atoms with Gasteiger partial charge in [-0.05, 0) is 70.6 Å². The van der Waals surface area contributed by atoms with Crippen molar-refractivity contribution in [1.82, 2.24) is 0 Å². The summed E-state index contributed by atoms with van der Waals surface area (Å²) in [5.41, 5.74) is 0. The zero-order valence-corrected chi connectivity index (χ0v) is 43.3. The van der Waals surface area contributed by atoms with Crippen molar-refractivity contribution >= 4 is 11.9 Å². The average molecular weight is 999 g/mol. The number of carbonyl (C=O) groups excluding carboxylic acids is 2. The number of allylic oxidation sites excluding steroid dienone is 6. The monoisotopic (exact) mass is 999 g/mol.